The second-order valence-electron chi connectivity index (χ2n) is 6.16. The fourth-order valence-electron chi connectivity index (χ4n) is 2.99. The van der Waals surface area contributed by atoms with E-state index in [9.17, 15) is 9.59 Å². The summed E-state index contributed by atoms with van der Waals surface area (Å²) in [4.78, 5) is 25.8. The average Bonchev–Trinajstić information content (AvgIpc) is 3.20. The average molecular weight is 282 g/mol. The van der Waals surface area contributed by atoms with Gasteiger partial charge in [-0.05, 0) is 32.6 Å². The standard InChI is InChI=1S/C15H26N2O3/c1-2-20-14(19)11-17(12-6-7-12)13(18)10-15(16)8-4-3-5-9-15/h12H,2-11,16H2,1H3. The van der Waals surface area contributed by atoms with Crippen molar-refractivity contribution in [3.63, 3.8) is 0 Å². The smallest absolute Gasteiger partial charge is 0.325 e. The van der Waals surface area contributed by atoms with Crippen LogP contribution in [0.1, 0.15) is 58.3 Å². The Hall–Kier alpha value is -1.10. The van der Waals surface area contributed by atoms with E-state index in [0.29, 0.717) is 13.0 Å². The van der Waals surface area contributed by atoms with E-state index in [1.165, 1.54) is 6.42 Å². The molecular formula is C15H26N2O3. The van der Waals surface area contributed by atoms with Crippen molar-refractivity contribution < 1.29 is 14.3 Å². The van der Waals surface area contributed by atoms with E-state index in [4.69, 9.17) is 10.5 Å². The first-order valence-corrected chi connectivity index (χ1v) is 7.78. The summed E-state index contributed by atoms with van der Waals surface area (Å²) < 4.78 is 4.95. The first kappa shape index (κ1) is 15.3. The maximum absolute atomic E-state index is 12.5. The molecule has 0 bridgehead atoms. The van der Waals surface area contributed by atoms with Gasteiger partial charge in [-0.2, -0.15) is 0 Å². The van der Waals surface area contributed by atoms with E-state index in [1.54, 1.807) is 11.8 Å². The van der Waals surface area contributed by atoms with Crippen molar-refractivity contribution in [3.8, 4) is 0 Å². The molecule has 20 heavy (non-hydrogen) atoms. The largest absolute Gasteiger partial charge is 0.465 e. The molecule has 1 amide bonds. The highest BCUT2D eigenvalue weighted by atomic mass is 16.5. The topological polar surface area (TPSA) is 72.6 Å². The highest BCUT2D eigenvalue weighted by Gasteiger charge is 2.38. The lowest BCUT2D eigenvalue weighted by Gasteiger charge is -2.34. The lowest BCUT2D eigenvalue weighted by Crippen LogP contribution is -2.48. The van der Waals surface area contributed by atoms with E-state index >= 15 is 0 Å². The zero-order valence-electron chi connectivity index (χ0n) is 12.4. The van der Waals surface area contributed by atoms with Gasteiger partial charge in [0.1, 0.15) is 6.54 Å². The summed E-state index contributed by atoms with van der Waals surface area (Å²) in [6, 6.07) is 0.221. The zero-order chi connectivity index (χ0) is 14.6. The van der Waals surface area contributed by atoms with Gasteiger partial charge in [-0.25, -0.2) is 0 Å². The third kappa shape index (κ3) is 4.20. The van der Waals surface area contributed by atoms with Crippen molar-refractivity contribution in [1.29, 1.82) is 0 Å². The summed E-state index contributed by atoms with van der Waals surface area (Å²) in [7, 11) is 0. The molecule has 0 aromatic rings. The third-order valence-corrected chi connectivity index (χ3v) is 4.27. The van der Waals surface area contributed by atoms with E-state index in [2.05, 4.69) is 0 Å². The molecule has 0 heterocycles. The summed E-state index contributed by atoms with van der Waals surface area (Å²) in [5.41, 5.74) is 5.98. The molecule has 0 atom stereocenters. The van der Waals surface area contributed by atoms with Crippen LogP contribution < -0.4 is 5.73 Å². The van der Waals surface area contributed by atoms with Crippen LogP contribution >= 0.6 is 0 Å². The van der Waals surface area contributed by atoms with Crippen LogP contribution in [-0.2, 0) is 14.3 Å². The Bertz CT molecular complexity index is 360. The molecule has 5 nitrogen and oxygen atoms in total. The fourth-order valence-corrected chi connectivity index (χ4v) is 2.99. The van der Waals surface area contributed by atoms with Gasteiger partial charge < -0.3 is 15.4 Å². The molecular weight excluding hydrogens is 256 g/mol. The summed E-state index contributed by atoms with van der Waals surface area (Å²) >= 11 is 0. The Morgan fingerprint density at radius 2 is 1.90 bits per heavy atom. The molecule has 114 valence electrons. The van der Waals surface area contributed by atoms with Gasteiger partial charge in [0.15, 0.2) is 0 Å². The van der Waals surface area contributed by atoms with Crippen LogP contribution in [0.2, 0.25) is 0 Å². The van der Waals surface area contributed by atoms with Crippen molar-refractivity contribution in [3.05, 3.63) is 0 Å². The molecule has 0 saturated heterocycles. The van der Waals surface area contributed by atoms with Gasteiger partial charge in [-0.3, -0.25) is 9.59 Å². The summed E-state index contributed by atoms with van der Waals surface area (Å²) in [6.45, 7) is 2.21. The first-order valence-electron chi connectivity index (χ1n) is 7.78. The highest BCUT2D eigenvalue weighted by molar-refractivity contribution is 5.83. The molecule has 5 heteroatoms. The van der Waals surface area contributed by atoms with Gasteiger partial charge >= 0.3 is 5.97 Å². The molecule has 2 aliphatic carbocycles. The van der Waals surface area contributed by atoms with Crippen LogP contribution in [0.25, 0.3) is 0 Å². The van der Waals surface area contributed by atoms with Crippen molar-refractivity contribution in [2.24, 2.45) is 5.73 Å². The Labute approximate surface area is 120 Å². The summed E-state index contributed by atoms with van der Waals surface area (Å²) in [5.74, 6) is -0.299. The van der Waals surface area contributed by atoms with E-state index in [-0.39, 0.29) is 30.0 Å². The second-order valence-corrected chi connectivity index (χ2v) is 6.16. The lowest BCUT2D eigenvalue weighted by molar-refractivity contribution is -0.149. The number of carbonyl (C=O) groups is 2. The number of hydrogen-bond acceptors (Lipinski definition) is 4. The SMILES string of the molecule is CCOC(=O)CN(C(=O)CC1(N)CCCCC1)C1CC1. The van der Waals surface area contributed by atoms with E-state index in [0.717, 1.165) is 38.5 Å². The molecule has 0 aliphatic heterocycles. The zero-order valence-corrected chi connectivity index (χ0v) is 12.4. The molecule has 2 saturated carbocycles. The third-order valence-electron chi connectivity index (χ3n) is 4.27. The van der Waals surface area contributed by atoms with Crippen molar-refractivity contribution in [1.82, 2.24) is 4.90 Å². The quantitative estimate of drug-likeness (QED) is 0.751. The molecule has 0 unspecified atom stereocenters. The highest BCUT2D eigenvalue weighted by Crippen LogP contribution is 2.32. The number of hydrogen-bond donors (Lipinski definition) is 1. The number of esters is 1. The Balaban J connectivity index is 1.91. The first-order chi connectivity index (χ1) is 9.54. The van der Waals surface area contributed by atoms with Crippen molar-refractivity contribution >= 4 is 11.9 Å². The van der Waals surface area contributed by atoms with Crippen molar-refractivity contribution in [2.45, 2.75) is 69.9 Å². The van der Waals surface area contributed by atoms with Crippen LogP contribution in [0.3, 0.4) is 0 Å². The van der Waals surface area contributed by atoms with E-state index in [1.807, 2.05) is 0 Å². The second kappa shape index (κ2) is 6.57. The maximum Gasteiger partial charge on any atom is 0.325 e. The number of nitrogens with two attached hydrogens (primary N) is 1. The van der Waals surface area contributed by atoms with Crippen LogP contribution in [0, 0.1) is 0 Å². The molecule has 2 aliphatic rings. The number of rotatable bonds is 6. The van der Waals surface area contributed by atoms with Gasteiger partial charge in [0.05, 0.1) is 6.61 Å². The Morgan fingerprint density at radius 3 is 2.45 bits per heavy atom. The van der Waals surface area contributed by atoms with Gasteiger partial charge in [-0.15, -0.1) is 0 Å². The van der Waals surface area contributed by atoms with E-state index < -0.39 is 0 Å². The molecule has 2 rings (SSSR count). The number of ether oxygens (including phenoxy) is 1. The summed E-state index contributed by atoms with van der Waals surface area (Å²) in [6.07, 6.45) is 7.58. The molecule has 0 aromatic heterocycles. The fraction of sp³-hybridized carbons (Fsp3) is 0.867. The predicted molar refractivity (Wildman–Crippen MR) is 76.0 cm³/mol. The number of amides is 1. The molecule has 2 fully saturated rings. The minimum atomic E-state index is -0.364. The predicted octanol–water partition coefficient (Wildman–Crippen LogP) is 1.59. The summed E-state index contributed by atoms with van der Waals surface area (Å²) in [5, 5.41) is 0. The van der Waals surface area contributed by atoms with Gasteiger partial charge in [0.25, 0.3) is 0 Å². The Morgan fingerprint density at radius 1 is 1.25 bits per heavy atom. The van der Waals surface area contributed by atoms with Crippen LogP contribution in [0.15, 0.2) is 0 Å². The normalized spacial score (nSPS) is 21.3. The molecule has 2 N–H and O–H groups in total. The molecule has 0 aromatic carbocycles. The maximum atomic E-state index is 12.5. The minimum absolute atomic E-state index is 0.0185. The minimum Gasteiger partial charge on any atom is -0.465 e. The van der Waals surface area contributed by atoms with Crippen LogP contribution in [0.5, 0.6) is 0 Å². The number of carbonyl (C=O) groups excluding carboxylic acids is 2. The molecule has 0 spiro atoms. The number of nitrogens with zero attached hydrogens (tertiary/aromatic N) is 1. The Kier molecular flexibility index (Phi) is 5.02. The van der Waals surface area contributed by atoms with Gasteiger partial charge in [-0.1, -0.05) is 19.3 Å². The lowest BCUT2D eigenvalue weighted by atomic mass is 9.80. The van der Waals surface area contributed by atoms with Crippen molar-refractivity contribution in [2.75, 3.05) is 13.2 Å². The molecule has 0 radical (unpaired) electrons. The monoisotopic (exact) mass is 282 g/mol. The van der Waals surface area contributed by atoms with Crippen LogP contribution in [-0.4, -0.2) is 41.5 Å². The van der Waals surface area contributed by atoms with Crippen LogP contribution in [0.4, 0.5) is 0 Å². The van der Waals surface area contributed by atoms with Gasteiger partial charge in [0, 0.05) is 18.0 Å². The van der Waals surface area contributed by atoms with Gasteiger partial charge in [0.2, 0.25) is 5.91 Å².